The smallest absolute Gasteiger partial charge is 0.219 e. The van der Waals surface area contributed by atoms with Crippen molar-refractivity contribution in [3.05, 3.63) is 0 Å². The highest BCUT2D eigenvalue weighted by Crippen LogP contribution is 1.75. The van der Waals surface area contributed by atoms with E-state index in [0.717, 1.165) is 0 Å². The second-order valence-corrected chi connectivity index (χ2v) is 2.13. The van der Waals surface area contributed by atoms with Crippen LogP contribution in [0.15, 0.2) is 0 Å². The third-order valence-electron chi connectivity index (χ3n) is 0.942. The fourth-order valence-corrected chi connectivity index (χ4v) is 0.400. The second-order valence-electron chi connectivity index (χ2n) is 2.13. The summed E-state index contributed by atoms with van der Waals surface area (Å²) < 4.78 is 0. The fraction of sp³-hybridized carbons (Fsp3) is 0.833. The summed E-state index contributed by atoms with van der Waals surface area (Å²) >= 11 is 0. The highest BCUT2D eigenvalue weighted by Gasteiger charge is 1.96. The molecule has 54 valence electrons. The Morgan fingerprint density at radius 3 is 2.67 bits per heavy atom. The van der Waals surface area contributed by atoms with Crippen molar-refractivity contribution in [3.63, 3.8) is 0 Å². The molecule has 0 aliphatic carbocycles. The molecule has 0 saturated heterocycles. The molecule has 3 N–H and O–H groups in total. The second kappa shape index (κ2) is 4.32. The maximum absolute atomic E-state index is 10.5. The summed E-state index contributed by atoms with van der Waals surface area (Å²) in [5.41, 5.74) is 5.38. The van der Waals surface area contributed by atoms with Crippen LogP contribution in [0, 0.1) is 0 Å². The van der Waals surface area contributed by atoms with Crippen LogP contribution < -0.4 is 11.1 Å². The van der Waals surface area contributed by atoms with Gasteiger partial charge in [-0.05, 0) is 6.92 Å². The first kappa shape index (κ1) is 8.43. The molecule has 0 radical (unpaired) electrons. The summed E-state index contributed by atoms with van der Waals surface area (Å²) in [7, 11) is 0. The molecule has 3 heteroatoms. The van der Waals surface area contributed by atoms with E-state index in [1.54, 1.807) is 0 Å². The molecule has 1 amide bonds. The number of rotatable bonds is 3. The van der Waals surface area contributed by atoms with E-state index in [4.69, 9.17) is 5.73 Å². The van der Waals surface area contributed by atoms with Crippen LogP contribution >= 0.6 is 0 Å². The van der Waals surface area contributed by atoms with Crippen molar-refractivity contribution in [1.82, 2.24) is 5.32 Å². The van der Waals surface area contributed by atoms with Gasteiger partial charge in [-0.2, -0.15) is 0 Å². The van der Waals surface area contributed by atoms with Gasteiger partial charge in [0.15, 0.2) is 0 Å². The van der Waals surface area contributed by atoms with Gasteiger partial charge in [-0.15, -0.1) is 0 Å². The van der Waals surface area contributed by atoms with Gasteiger partial charge < -0.3 is 11.1 Å². The zero-order valence-electron chi connectivity index (χ0n) is 5.98. The van der Waals surface area contributed by atoms with Gasteiger partial charge in [0.05, 0.1) is 0 Å². The summed E-state index contributed by atoms with van der Waals surface area (Å²) in [4.78, 5) is 10.5. The molecule has 0 rings (SSSR count). The third-order valence-corrected chi connectivity index (χ3v) is 0.942. The summed E-state index contributed by atoms with van der Waals surface area (Å²) in [5.74, 6) is 0.0623. The minimum absolute atomic E-state index is 0.0560. The summed E-state index contributed by atoms with van der Waals surface area (Å²) in [6, 6.07) is 0.0560. The van der Waals surface area contributed by atoms with E-state index >= 15 is 0 Å². The molecule has 0 aromatic heterocycles. The molecular weight excluding hydrogens is 116 g/mol. The van der Waals surface area contributed by atoms with E-state index in [0.29, 0.717) is 13.0 Å². The Kier molecular flexibility index (Phi) is 4.05. The molecule has 0 aliphatic rings. The molecule has 0 aromatic carbocycles. The molecule has 0 aromatic rings. The number of nitrogens with one attached hydrogen (secondary N) is 1. The first-order chi connectivity index (χ1) is 4.16. The monoisotopic (exact) mass is 130 g/mol. The number of carbonyl (C=O) groups excluding carboxylic acids is 1. The van der Waals surface area contributed by atoms with E-state index in [9.17, 15) is 4.79 Å². The number of hydrogen-bond donors (Lipinski definition) is 2. The molecule has 9 heavy (non-hydrogen) atoms. The maximum Gasteiger partial charge on any atom is 0.219 e. The van der Waals surface area contributed by atoms with Gasteiger partial charge in [0.25, 0.3) is 0 Å². The summed E-state index contributed by atoms with van der Waals surface area (Å²) in [5, 5.41) is 2.67. The van der Waals surface area contributed by atoms with Crippen LogP contribution in [-0.2, 0) is 4.79 Å². The van der Waals surface area contributed by atoms with Crippen molar-refractivity contribution in [3.8, 4) is 0 Å². The topological polar surface area (TPSA) is 55.1 Å². The number of hydrogen-bond acceptors (Lipinski definition) is 2. The lowest BCUT2D eigenvalue weighted by molar-refractivity contribution is -0.120. The van der Waals surface area contributed by atoms with E-state index in [1.807, 2.05) is 13.8 Å². The first-order valence-corrected chi connectivity index (χ1v) is 3.19. The van der Waals surface area contributed by atoms with E-state index in [2.05, 4.69) is 5.32 Å². The lowest BCUT2D eigenvalue weighted by Gasteiger charge is -2.04. The van der Waals surface area contributed by atoms with Crippen LogP contribution in [0.5, 0.6) is 0 Å². The summed E-state index contributed by atoms with van der Waals surface area (Å²) in [6.07, 6.45) is 0.534. The van der Waals surface area contributed by atoms with E-state index in [-0.39, 0.29) is 11.9 Å². The van der Waals surface area contributed by atoms with Crippen molar-refractivity contribution in [2.24, 2.45) is 5.73 Å². The number of carbonyl (C=O) groups is 1. The average Bonchev–Trinajstić information content (AvgIpc) is 1.83. The van der Waals surface area contributed by atoms with Gasteiger partial charge >= 0.3 is 0 Å². The quantitative estimate of drug-likeness (QED) is 0.558. The highest BCUT2D eigenvalue weighted by atomic mass is 16.1. The molecule has 0 bridgehead atoms. The third kappa shape index (κ3) is 5.30. The standard InChI is InChI=1S/C6H14N2O/c1-3-6(9)8-4-5(2)7/h5H,3-4,7H2,1-2H3,(H,8,9). The van der Waals surface area contributed by atoms with Gasteiger partial charge in [0, 0.05) is 19.0 Å². The molecule has 0 heterocycles. The molecule has 0 saturated carbocycles. The molecule has 3 nitrogen and oxygen atoms in total. The van der Waals surface area contributed by atoms with Gasteiger partial charge in [-0.3, -0.25) is 4.79 Å². The Hall–Kier alpha value is -0.570. The Morgan fingerprint density at radius 2 is 2.33 bits per heavy atom. The molecule has 0 aliphatic heterocycles. The van der Waals surface area contributed by atoms with E-state index in [1.165, 1.54) is 0 Å². The molecule has 0 fully saturated rings. The average molecular weight is 130 g/mol. The zero-order chi connectivity index (χ0) is 7.28. The van der Waals surface area contributed by atoms with Crippen LogP contribution in [0.2, 0.25) is 0 Å². The largest absolute Gasteiger partial charge is 0.355 e. The Bertz CT molecular complexity index is 91.1. The van der Waals surface area contributed by atoms with Gasteiger partial charge in [-0.1, -0.05) is 6.92 Å². The lowest BCUT2D eigenvalue weighted by atomic mass is 10.3. The van der Waals surface area contributed by atoms with Crippen LogP contribution in [0.4, 0.5) is 0 Å². The first-order valence-electron chi connectivity index (χ1n) is 3.19. The van der Waals surface area contributed by atoms with Gasteiger partial charge in [0.1, 0.15) is 0 Å². The Morgan fingerprint density at radius 1 is 1.78 bits per heavy atom. The van der Waals surface area contributed by atoms with E-state index < -0.39 is 0 Å². The van der Waals surface area contributed by atoms with Crippen molar-refractivity contribution in [2.75, 3.05) is 6.54 Å². The fourth-order valence-electron chi connectivity index (χ4n) is 0.400. The lowest BCUT2D eigenvalue weighted by Crippen LogP contribution is -2.34. The SMILES string of the molecule is CCC(=O)NCC(C)N. The number of nitrogens with two attached hydrogens (primary N) is 1. The minimum atomic E-state index is 0.0560. The van der Waals surface area contributed by atoms with Crippen LogP contribution in [0.1, 0.15) is 20.3 Å². The Labute approximate surface area is 55.6 Å². The Balaban J connectivity index is 3.17. The van der Waals surface area contributed by atoms with Crippen molar-refractivity contribution in [1.29, 1.82) is 0 Å². The van der Waals surface area contributed by atoms with Crippen molar-refractivity contribution in [2.45, 2.75) is 26.3 Å². The predicted molar refractivity (Wildman–Crippen MR) is 37.0 cm³/mol. The summed E-state index contributed by atoms with van der Waals surface area (Å²) in [6.45, 7) is 4.25. The molecule has 1 unspecified atom stereocenters. The predicted octanol–water partition coefficient (Wildman–Crippen LogP) is -0.140. The molecule has 1 atom stereocenters. The number of amides is 1. The maximum atomic E-state index is 10.5. The van der Waals surface area contributed by atoms with Crippen molar-refractivity contribution >= 4 is 5.91 Å². The van der Waals surface area contributed by atoms with Crippen LogP contribution in [0.25, 0.3) is 0 Å². The van der Waals surface area contributed by atoms with Crippen LogP contribution in [0.3, 0.4) is 0 Å². The normalized spacial score (nSPS) is 12.8. The molecular formula is C6H14N2O. The minimum Gasteiger partial charge on any atom is -0.355 e. The zero-order valence-corrected chi connectivity index (χ0v) is 5.98. The van der Waals surface area contributed by atoms with Gasteiger partial charge in [-0.25, -0.2) is 0 Å². The van der Waals surface area contributed by atoms with Crippen LogP contribution in [-0.4, -0.2) is 18.5 Å². The molecule has 0 spiro atoms. The van der Waals surface area contributed by atoms with Crippen molar-refractivity contribution < 1.29 is 4.79 Å². The van der Waals surface area contributed by atoms with Gasteiger partial charge in [0.2, 0.25) is 5.91 Å². The highest BCUT2D eigenvalue weighted by molar-refractivity contribution is 5.75.